The molecule has 0 radical (unpaired) electrons. The number of nitrogens with zero attached hydrogens (tertiary/aromatic N) is 1. The van der Waals surface area contributed by atoms with E-state index in [1.54, 1.807) is 0 Å². The summed E-state index contributed by atoms with van der Waals surface area (Å²) in [6.45, 7) is 0.929. The predicted octanol–water partition coefficient (Wildman–Crippen LogP) is 1.96. The number of hydrogen-bond acceptors (Lipinski definition) is 3. The molecule has 0 saturated heterocycles. The lowest BCUT2D eigenvalue weighted by Crippen LogP contribution is -2.27. The summed E-state index contributed by atoms with van der Waals surface area (Å²) in [6.07, 6.45) is -4.58. The second-order valence-electron chi connectivity index (χ2n) is 4.82. The number of halogens is 3. The van der Waals surface area contributed by atoms with E-state index in [4.69, 9.17) is 5.11 Å². The lowest BCUT2D eigenvalue weighted by molar-refractivity contribution is -0.136. The van der Waals surface area contributed by atoms with Crippen molar-refractivity contribution in [3.05, 3.63) is 29.0 Å². The molecule has 0 saturated carbocycles. The third-order valence-electron chi connectivity index (χ3n) is 3.61. The van der Waals surface area contributed by atoms with Crippen molar-refractivity contribution in [3.8, 4) is 5.88 Å². The number of alkyl halides is 3. The Morgan fingerprint density at radius 3 is 2.70 bits per heavy atom. The molecular formula is C13H13F3N2O2. The molecule has 0 fully saturated rings. The molecule has 0 atom stereocenters. The Hall–Kier alpha value is -1.73. The van der Waals surface area contributed by atoms with Crippen molar-refractivity contribution >= 4 is 10.8 Å². The van der Waals surface area contributed by atoms with Gasteiger partial charge in [-0.1, -0.05) is 0 Å². The molecule has 3 rings (SSSR count). The lowest BCUT2D eigenvalue weighted by atomic mass is 10.0. The lowest BCUT2D eigenvalue weighted by Gasteiger charge is -2.17. The van der Waals surface area contributed by atoms with Gasteiger partial charge in [0, 0.05) is 30.7 Å². The van der Waals surface area contributed by atoms with Gasteiger partial charge in [-0.2, -0.15) is 13.2 Å². The largest absolute Gasteiger partial charge is 0.494 e. The van der Waals surface area contributed by atoms with Gasteiger partial charge in [0.15, 0.2) is 5.88 Å². The normalized spacial score (nSPS) is 15.6. The molecule has 0 aliphatic carbocycles. The van der Waals surface area contributed by atoms with E-state index in [0.29, 0.717) is 30.7 Å². The first-order valence-electron chi connectivity index (χ1n) is 6.19. The molecule has 3 N–H and O–H groups in total. The standard InChI is InChI=1S/C13H13F3N2O2/c14-13(15,16)9-4-7(6-19)3-8-10-5-17-1-2-18(10)12(20)11(8)9/h3-4,17,19-20H,1-2,5-6H2. The van der Waals surface area contributed by atoms with E-state index in [1.807, 2.05) is 0 Å². The predicted molar refractivity (Wildman–Crippen MR) is 66.2 cm³/mol. The Morgan fingerprint density at radius 1 is 1.30 bits per heavy atom. The summed E-state index contributed by atoms with van der Waals surface area (Å²) < 4.78 is 41.0. The minimum atomic E-state index is -4.58. The molecule has 1 aromatic carbocycles. The second-order valence-corrected chi connectivity index (χ2v) is 4.82. The zero-order valence-electron chi connectivity index (χ0n) is 10.5. The first-order chi connectivity index (χ1) is 9.43. The molecule has 108 valence electrons. The Kier molecular flexibility index (Phi) is 2.91. The van der Waals surface area contributed by atoms with Crippen molar-refractivity contribution < 1.29 is 23.4 Å². The number of aromatic hydroxyl groups is 1. The molecule has 7 heteroatoms. The van der Waals surface area contributed by atoms with E-state index in [9.17, 15) is 18.3 Å². The molecule has 2 heterocycles. The van der Waals surface area contributed by atoms with Crippen molar-refractivity contribution in [2.45, 2.75) is 25.9 Å². The minimum absolute atomic E-state index is 0.184. The van der Waals surface area contributed by atoms with Crippen LogP contribution >= 0.6 is 0 Å². The summed E-state index contributed by atoms with van der Waals surface area (Å²) in [7, 11) is 0. The summed E-state index contributed by atoms with van der Waals surface area (Å²) in [5.41, 5.74) is -0.105. The molecule has 1 aliphatic heterocycles. The van der Waals surface area contributed by atoms with Crippen LogP contribution in [0.3, 0.4) is 0 Å². The monoisotopic (exact) mass is 286 g/mol. The van der Waals surface area contributed by atoms with Crippen LogP contribution < -0.4 is 5.32 Å². The maximum absolute atomic E-state index is 13.2. The number of aliphatic hydroxyl groups excluding tert-OH is 1. The Bertz CT molecular complexity index is 677. The SMILES string of the molecule is OCc1cc(C(F)(F)F)c2c(O)n3c(c2c1)CNCC3. The quantitative estimate of drug-likeness (QED) is 0.751. The Balaban J connectivity index is 2.41. The van der Waals surface area contributed by atoms with Crippen molar-refractivity contribution in [2.75, 3.05) is 6.54 Å². The first kappa shape index (κ1) is 13.3. The van der Waals surface area contributed by atoms with Gasteiger partial charge in [0.25, 0.3) is 0 Å². The first-order valence-corrected chi connectivity index (χ1v) is 6.19. The van der Waals surface area contributed by atoms with Gasteiger partial charge in [-0.3, -0.25) is 0 Å². The van der Waals surface area contributed by atoms with E-state index in [1.165, 1.54) is 10.6 Å². The van der Waals surface area contributed by atoms with Gasteiger partial charge in [-0.15, -0.1) is 0 Å². The molecule has 1 aliphatic rings. The van der Waals surface area contributed by atoms with Crippen LogP contribution in [-0.2, 0) is 25.9 Å². The number of benzene rings is 1. The second kappa shape index (κ2) is 4.39. The maximum Gasteiger partial charge on any atom is 0.417 e. The van der Waals surface area contributed by atoms with Gasteiger partial charge in [-0.25, -0.2) is 0 Å². The molecule has 0 amide bonds. The van der Waals surface area contributed by atoms with Crippen molar-refractivity contribution in [1.29, 1.82) is 0 Å². The number of hydrogen-bond donors (Lipinski definition) is 3. The van der Waals surface area contributed by atoms with Crippen molar-refractivity contribution in [2.24, 2.45) is 0 Å². The van der Waals surface area contributed by atoms with Gasteiger partial charge in [0.2, 0.25) is 0 Å². The number of aromatic nitrogens is 1. The van der Waals surface area contributed by atoms with Gasteiger partial charge >= 0.3 is 6.18 Å². The number of rotatable bonds is 1. The topological polar surface area (TPSA) is 57.4 Å². The molecule has 0 bridgehead atoms. The smallest absolute Gasteiger partial charge is 0.417 e. The van der Waals surface area contributed by atoms with E-state index >= 15 is 0 Å². The van der Waals surface area contributed by atoms with Gasteiger partial charge in [-0.05, 0) is 17.7 Å². The highest BCUT2D eigenvalue weighted by Crippen LogP contribution is 2.42. The highest BCUT2D eigenvalue weighted by Gasteiger charge is 2.36. The zero-order valence-corrected chi connectivity index (χ0v) is 10.5. The molecule has 1 aromatic heterocycles. The minimum Gasteiger partial charge on any atom is -0.494 e. The molecule has 0 spiro atoms. The summed E-state index contributed by atoms with van der Waals surface area (Å²) in [4.78, 5) is 0. The maximum atomic E-state index is 13.2. The fourth-order valence-corrected chi connectivity index (χ4v) is 2.72. The van der Waals surface area contributed by atoms with Crippen LogP contribution in [0.2, 0.25) is 0 Å². The van der Waals surface area contributed by atoms with E-state index in [-0.39, 0.29) is 16.8 Å². The van der Waals surface area contributed by atoms with Gasteiger partial charge in [0.1, 0.15) is 0 Å². The number of nitrogens with one attached hydrogen (secondary N) is 1. The van der Waals surface area contributed by atoms with E-state index in [2.05, 4.69) is 5.32 Å². The molecular weight excluding hydrogens is 273 g/mol. The fourth-order valence-electron chi connectivity index (χ4n) is 2.72. The fraction of sp³-hybridized carbons (Fsp3) is 0.385. The zero-order chi connectivity index (χ0) is 14.5. The third kappa shape index (κ3) is 1.85. The summed E-state index contributed by atoms with van der Waals surface area (Å²) >= 11 is 0. The van der Waals surface area contributed by atoms with E-state index in [0.717, 1.165) is 6.07 Å². The van der Waals surface area contributed by atoms with Crippen molar-refractivity contribution in [1.82, 2.24) is 9.88 Å². The van der Waals surface area contributed by atoms with Crippen LogP contribution in [0.1, 0.15) is 16.8 Å². The van der Waals surface area contributed by atoms with Gasteiger partial charge in [0.05, 0.1) is 17.6 Å². The molecule has 4 nitrogen and oxygen atoms in total. The average Bonchev–Trinajstić information content (AvgIpc) is 2.71. The average molecular weight is 286 g/mol. The van der Waals surface area contributed by atoms with Crippen LogP contribution in [0.15, 0.2) is 12.1 Å². The van der Waals surface area contributed by atoms with Crippen LogP contribution in [0.4, 0.5) is 13.2 Å². The Morgan fingerprint density at radius 2 is 2.05 bits per heavy atom. The number of aliphatic hydroxyl groups is 1. The third-order valence-corrected chi connectivity index (χ3v) is 3.61. The van der Waals surface area contributed by atoms with Crippen LogP contribution in [0.5, 0.6) is 5.88 Å². The summed E-state index contributed by atoms with van der Waals surface area (Å²) in [6, 6.07) is 2.39. The van der Waals surface area contributed by atoms with Gasteiger partial charge < -0.3 is 20.1 Å². The van der Waals surface area contributed by atoms with Crippen molar-refractivity contribution in [3.63, 3.8) is 0 Å². The molecule has 0 unspecified atom stereocenters. The summed E-state index contributed by atoms with van der Waals surface area (Å²) in [5.74, 6) is -0.353. The van der Waals surface area contributed by atoms with Crippen LogP contribution in [0, 0.1) is 0 Å². The van der Waals surface area contributed by atoms with Crippen LogP contribution in [0.25, 0.3) is 10.8 Å². The highest BCUT2D eigenvalue weighted by molar-refractivity contribution is 5.94. The highest BCUT2D eigenvalue weighted by atomic mass is 19.4. The summed E-state index contributed by atoms with van der Waals surface area (Å²) in [5, 5.41) is 22.5. The molecule has 20 heavy (non-hydrogen) atoms. The van der Waals surface area contributed by atoms with Crippen LogP contribution in [-0.4, -0.2) is 21.3 Å². The molecule has 2 aromatic rings. The number of fused-ring (bicyclic) bond motifs is 3. The Labute approximate surface area is 112 Å². The van der Waals surface area contributed by atoms with E-state index < -0.39 is 18.3 Å².